The molecule has 0 aromatic heterocycles. The molecule has 2 rings (SSSR count). The lowest BCUT2D eigenvalue weighted by Crippen LogP contribution is -2.40. The SMILES string of the molecule is CCCCC1CCC(CNC(=O)C2CCNCC2)CC1.Cl. The molecule has 21 heavy (non-hydrogen) atoms. The molecule has 0 spiro atoms. The van der Waals surface area contributed by atoms with Crippen molar-refractivity contribution in [2.45, 2.75) is 64.7 Å². The third-order valence-electron chi connectivity index (χ3n) is 5.21. The lowest BCUT2D eigenvalue weighted by atomic mass is 9.80. The Bertz CT molecular complexity index is 285. The molecule has 2 aliphatic rings. The zero-order valence-corrected chi connectivity index (χ0v) is 14.4. The topological polar surface area (TPSA) is 41.1 Å². The second-order valence-electron chi connectivity index (χ2n) is 6.80. The number of rotatable bonds is 6. The molecule has 2 N–H and O–H groups in total. The van der Waals surface area contributed by atoms with Gasteiger partial charge in [0.2, 0.25) is 5.91 Å². The molecule has 1 aliphatic heterocycles. The maximum atomic E-state index is 12.1. The Hall–Kier alpha value is -0.280. The van der Waals surface area contributed by atoms with E-state index in [9.17, 15) is 4.79 Å². The highest BCUT2D eigenvalue weighted by molar-refractivity contribution is 5.85. The summed E-state index contributed by atoms with van der Waals surface area (Å²) in [5.74, 6) is 2.27. The Labute approximate surface area is 136 Å². The quantitative estimate of drug-likeness (QED) is 0.787. The average Bonchev–Trinajstić information content (AvgIpc) is 2.52. The van der Waals surface area contributed by atoms with E-state index in [0.29, 0.717) is 5.91 Å². The van der Waals surface area contributed by atoms with Crippen molar-refractivity contribution in [3.05, 3.63) is 0 Å². The van der Waals surface area contributed by atoms with Crippen LogP contribution in [-0.2, 0) is 4.79 Å². The summed E-state index contributed by atoms with van der Waals surface area (Å²) in [7, 11) is 0. The molecule has 0 radical (unpaired) electrons. The fraction of sp³-hybridized carbons (Fsp3) is 0.941. The minimum atomic E-state index is 0. The summed E-state index contributed by atoms with van der Waals surface area (Å²) < 4.78 is 0. The van der Waals surface area contributed by atoms with Crippen molar-refractivity contribution < 1.29 is 4.79 Å². The van der Waals surface area contributed by atoms with Crippen molar-refractivity contribution in [2.75, 3.05) is 19.6 Å². The van der Waals surface area contributed by atoms with Crippen LogP contribution in [0.15, 0.2) is 0 Å². The van der Waals surface area contributed by atoms with Gasteiger partial charge < -0.3 is 10.6 Å². The standard InChI is InChI=1S/C17H32N2O.ClH/c1-2-3-4-14-5-7-15(8-6-14)13-19-17(20)16-9-11-18-12-10-16;/h14-16,18H,2-13H2,1H3,(H,19,20);1H. The van der Waals surface area contributed by atoms with Crippen molar-refractivity contribution in [1.29, 1.82) is 0 Å². The van der Waals surface area contributed by atoms with E-state index in [-0.39, 0.29) is 18.3 Å². The van der Waals surface area contributed by atoms with E-state index in [0.717, 1.165) is 44.3 Å². The normalized spacial score (nSPS) is 26.9. The summed E-state index contributed by atoms with van der Waals surface area (Å²) in [4.78, 5) is 12.1. The maximum absolute atomic E-state index is 12.1. The summed E-state index contributed by atoms with van der Waals surface area (Å²) in [6, 6.07) is 0. The van der Waals surface area contributed by atoms with Crippen molar-refractivity contribution in [3.8, 4) is 0 Å². The van der Waals surface area contributed by atoms with Crippen LogP contribution in [0.25, 0.3) is 0 Å². The number of hydrogen-bond donors (Lipinski definition) is 2. The molecule has 4 heteroatoms. The Morgan fingerprint density at radius 3 is 2.29 bits per heavy atom. The molecule has 1 heterocycles. The van der Waals surface area contributed by atoms with Crippen molar-refractivity contribution >= 4 is 18.3 Å². The van der Waals surface area contributed by atoms with Gasteiger partial charge in [0.1, 0.15) is 0 Å². The van der Waals surface area contributed by atoms with Gasteiger partial charge in [-0.3, -0.25) is 4.79 Å². The molecular formula is C17H33ClN2O. The van der Waals surface area contributed by atoms with Crippen LogP contribution < -0.4 is 10.6 Å². The molecule has 2 fully saturated rings. The van der Waals surface area contributed by atoms with Gasteiger partial charge in [-0.1, -0.05) is 39.0 Å². The van der Waals surface area contributed by atoms with Crippen LogP contribution in [-0.4, -0.2) is 25.5 Å². The van der Waals surface area contributed by atoms with Gasteiger partial charge in [0, 0.05) is 12.5 Å². The number of amides is 1. The van der Waals surface area contributed by atoms with Gasteiger partial charge in [-0.2, -0.15) is 0 Å². The van der Waals surface area contributed by atoms with Gasteiger partial charge in [-0.05, 0) is 50.6 Å². The van der Waals surface area contributed by atoms with Crippen molar-refractivity contribution in [1.82, 2.24) is 10.6 Å². The highest BCUT2D eigenvalue weighted by Crippen LogP contribution is 2.31. The molecule has 1 aliphatic carbocycles. The first kappa shape index (κ1) is 18.8. The minimum Gasteiger partial charge on any atom is -0.356 e. The van der Waals surface area contributed by atoms with Crippen LogP contribution >= 0.6 is 12.4 Å². The summed E-state index contributed by atoms with van der Waals surface area (Å²) >= 11 is 0. The monoisotopic (exact) mass is 316 g/mol. The first-order valence-electron chi connectivity index (χ1n) is 8.78. The van der Waals surface area contributed by atoms with Crippen LogP contribution in [0, 0.1) is 17.8 Å². The summed E-state index contributed by atoms with van der Waals surface area (Å²) in [5, 5.41) is 6.53. The molecule has 1 saturated heterocycles. The number of halogens is 1. The Morgan fingerprint density at radius 2 is 1.67 bits per heavy atom. The Balaban J connectivity index is 0.00000220. The molecule has 1 amide bonds. The average molecular weight is 317 g/mol. The number of piperidine rings is 1. The number of carbonyl (C=O) groups is 1. The highest BCUT2D eigenvalue weighted by Gasteiger charge is 2.24. The minimum absolute atomic E-state index is 0. The summed E-state index contributed by atoms with van der Waals surface area (Å²) in [6.07, 6.45) is 11.6. The smallest absolute Gasteiger partial charge is 0.223 e. The van der Waals surface area contributed by atoms with Gasteiger partial charge in [0.15, 0.2) is 0 Å². The molecule has 124 valence electrons. The van der Waals surface area contributed by atoms with Gasteiger partial charge >= 0.3 is 0 Å². The fourth-order valence-corrected chi connectivity index (χ4v) is 3.69. The molecular weight excluding hydrogens is 284 g/mol. The molecule has 1 saturated carbocycles. The zero-order valence-electron chi connectivity index (χ0n) is 13.5. The van der Waals surface area contributed by atoms with E-state index >= 15 is 0 Å². The van der Waals surface area contributed by atoms with Crippen LogP contribution in [0.1, 0.15) is 64.7 Å². The lowest BCUT2D eigenvalue weighted by Gasteiger charge is -2.29. The van der Waals surface area contributed by atoms with E-state index in [1.165, 1.54) is 44.9 Å². The van der Waals surface area contributed by atoms with E-state index in [2.05, 4.69) is 17.6 Å². The number of nitrogens with one attached hydrogen (secondary N) is 2. The molecule has 0 unspecified atom stereocenters. The first-order valence-corrected chi connectivity index (χ1v) is 8.78. The second-order valence-corrected chi connectivity index (χ2v) is 6.80. The van der Waals surface area contributed by atoms with E-state index < -0.39 is 0 Å². The predicted molar refractivity (Wildman–Crippen MR) is 90.8 cm³/mol. The predicted octanol–water partition coefficient (Wildman–Crippen LogP) is 3.52. The van der Waals surface area contributed by atoms with Gasteiger partial charge in [-0.15, -0.1) is 12.4 Å². The molecule has 0 aromatic rings. The third kappa shape index (κ3) is 6.56. The molecule has 0 bridgehead atoms. The number of unbranched alkanes of at least 4 members (excludes halogenated alkanes) is 1. The molecule has 0 atom stereocenters. The largest absolute Gasteiger partial charge is 0.356 e. The second kappa shape index (κ2) is 10.4. The van der Waals surface area contributed by atoms with Crippen LogP contribution in [0.2, 0.25) is 0 Å². The maximum Gasteiger partial charge on any atom is 0.223 e. The van der Waals surface area contributed by atoms with E-state index in [1.807, 2.05) is 0 Å². The van der Waals surface area contributed by atoms with E-state index in [4.69, 9.17) is 0 Å². The lowest BCUT2D eigenvalue weighted by molar-refractivity contribution is -0.126. The Morgan fingerprint density at radius 1 is 1.05 bits per heavy atom. The third-order valence-corrected chi connectivity index (χ3v) is 5.21. The van der Waals surface area contributed by atoms with Gasteiger partial charge in [-0.25, -0.2) is 0 Å². The van der Waals surface area contributed by atoms with Gasteiger partial charge in [0.05, 0.1) is 0 Å². The fourth-order valence-electron chi connectivity index (χ4n) is 3.69. The van der Waals surface area contributed by atoms with Crippen LogP contribution in [0.3, 0.4) is 0 Å². The van der Waals surface area contributed by atoms with Gasteiger partial charge in [0.25, 0.3) is 0 Å². The highest BCUT2D eigenvalue weighted by atomic mass is 35.5. The van der Waals surface area contributed by atoms with Crippen LogP contribution in [0.5, 0.6) is 0 Å². The zero-order chi connectivity index (χ0) is 14.2. The van der Waals surface area contributed by atoms with Crippen LogP contribution in [0.4, 0.5) is 0 Å². The first-order chi connectivity index (χ1) is 9.79. The molecule has 3 nitrogen and oxygen atoms in total. The number of carbonyl (C=O) groups excluding carboxylic acids is 1. The number of hydrogen-bond acceptors (Lipinski definition) is 2. The Kier molecular flexibility index (Phi) is 9.34. The van der Waals surface area contributed by atoms with E-state index in [1.54, 1.807) is 0 Å². The van der Waals surface area contributed by atoms with Crippen molar-refractivity contribution in [3.63, 3.8) is 0 Å². The molecule has 0 aromatic carbocycles. The summed E-state index contributed by atoms with van der Waals surface area (Å²) in [6.45, 7) is 5.20. The van der Waals surface area contributed by atoms with Crippen molar-refractivity contribution in [2.24, 2.45) is 17.8 Å². The summed E-state index contributed by atoms with van der Waals surface area (Å²) in [5.41, 5.74) is 0.